The van der Waals surface area contributed by atoms with Crippen molar-refractivity contribution >= 4 is 30.1 Å². The van der Waals surface area contributed by atoms with E-state index in [9.17, 15) is 25.3 Å². The summed E-state index contributed by atoms with van der Waals surface area (Å²) >= 11 is 0. The molecule has 1 N–H and O–H groups in total. The van der Waals surface area contributed by atoms with Crippen LogP contribution in [0.25, 0.3) is 0 Å². The maximum Gasteiger partial charge on any atom is 0.220 e. The van der Waals surface area contributed by atoms with Gasteiger partial charge in [-0.15, -0.1) is 0 Å². The first-order valence-corrected chi connectivity index (χ1v) is 12.8. The van der Waals surface area contributed by atoms with Crippen molar-refractivity contribution in [3.63, 3.8) is 0 Å². The van der Waals surface area contributed by atoms with E-state index in [4.69, 9.17) is 0 Å². The van der Waals surface area contributed by atoms with Crippen molar-refractivity contribution in [1.82, 2.24) is 13.3 Å². The summed E-state index contributed by atoms with van der Waals surface area (Å²) in [7, 11) is -7.38. The molecule has 27 heavy (non-hydrogen) atoms. The van der Waals surface area contributed by atoms with Gasteiger partial charge in [-0.25, -0.2) is 38.6 Å². The molecule has 164 valence electrons. The SMILES string of the molecule is CN(C)S(=O)(=O)C(C)(C)CN(C)S(=O)(=O)C(C)(C)CNS(=O)(=O)C(C)(C)C. The molecule has 0 aromatic carbocycles. The first-order chi connectivity index (χ1) is 11.5. The molecule has 0 unspecified atom stereocenters. The van der Waals surface area contributed by atoms with E-state index >= 15 is 0 Å². The van der Waals surface area contributed by atoms with Crippen LogP contribution in [0.5, 0.6) is 0 Å². The van der Waals surface area contributed by atoms with Crippen LogP contribution in [0.3, 0.4) is 0 Å². The summed E-state index contributed by atoms with van der Waals surface area (Å²) in [6.45, 7) is 9.63. The van der Waals surface area contributed by atoms with Gasteiger partial charge < -0.3 is 0 Å². The zero-order chi connectivity index (χ0) is 22.3. The highest BCUT2D eigenvalue weighted by Gasteiger charge is 2.44. The zero-order valence-corrected chi connectivity index (χ0v) is 20.4. The summed E-state index contributed by atoms with van der Waals surface area (Å²) in [5.74, 6) is 0. The van der Waals surface area contributed by atoms with Crippen LogP contribution in [0.2, 0.25) is 0 Å². The number of rotatable bonds is 9. The van der Waals surface area contributed by atoms with Gasteiger partial charge >= 0.3 is 0 Å². The van der Waals surface area contributed by atoms with Crippen LogP contribution in [0.4, 0.5) is 0 Å². The molecule has 0 aliphatic heterocycles. The van der Waals surface area contributed by atoms with Gasteiger partial charge in [-0.05, 0) is 48.5 Å². The van der Waals surface area contributed by atoms with Gasteiger partial charge in [0.15, 0.2) is 0 Å². The van der Waals surface area contributed by atoms with Crippen LogP contribution >= 0.6 is 0 Å². The molecule has 0 bridgehead atoms. The van der Waals surface area contributed by atoms with Gasteiger partial charge in [0, 0.05) is 34.2 Å². The molecule has 0 saturated heterocycles. The summed E-state index contributed by atoms with van der Waals surface area (Å²) in [4.78, 5) is 0. The molecule has 0 atom stereocenters. The number of hydrogen-bond donors (Lipinski definition) is 1. The van der Waals surface area contributed by atoms with Crippen LogP contribution in [0.1, 0.15) is 48.5 Å². The third kappa shape index (κ3) is 5.63. The van der Waals surface area contributed by atoms with E-state index in [0.29, 0.717) is 0 Å². The summed E-state index contributed by atoms with van der Waals surface area (Å²) < 4.78 is 75.7. The lowest BCUT2D eigenvalue weighted by Gasteiger charge is -2.36. The highest BCUT2D eigenvalue weighted by atomic mass is 32.2. The van der Waals surface area contributed by atoms with Crippen LogP contribution < -0.4 is 4.72 Å². The van der Waals surface area contributed by atoms with Gasteiger partial charge in [0.2, 0.25) is 30.1 Å². The number of nitrogens with zero attached hydrogens (tertiary/aromatic N) is 2. The van der Waals surface area contributed by atoms with Crippen LogP contribution in [0, 0.1) is 0 Å². The fourth-order valence-corrected chi connectivity index (χ4v) is 6.29. The third-order valence-electron chi connectivity index (χ3n) is 4.39. The Hall–Kier alpha value is -0.270. The van der Waals surface area contributed by atoms with Gasteiger partial charge in [0.1, 0.15) is 0 Å². The second-order valence-electron chi connectivity index (χ2n) is 9.00. The normalized spacial score (nSPS) is 15.6. The van der Waals surface area contributed by atoms with Crippen molar-refractivity contribution in [2.24, 2.45) is 0 Å². The van der Waals surface area contributed by atoms with E-state index in [1.54, 1.807) is 0 Å². The van der Waals surface area contributed by atoms with Gasteiger partial charge in [0.05, 0.1) is 14.2 Å². The largest absolute Gasteiger partial charge is 0.220 e. The molecular formula is C15H35N3O6S3. The van der Waals surface area contributed by atoms with Gasteiger partial charge in [-0.3, -0.25) is 0 Å². The second-order valence-corrected chi connectivity index (χ2v) is 17.0. The maximum absolute atomic E-state index is 13.0. The monoisotopic (exact) mass is 449 g/mol. The fraction of sp³-hybridized carbons (Fsp3) is 1.00. The van der Waals surface area contributed by atoms with Crippen molar-refractivity contribution in [2.45, 2.75) is 62.7 Å². The Morgan fingerprint density at radius 1 is 0.704 bits per heavy atom. The number of hydrogen-bond acceptors (Lipinski definition) is 6. The van der Waals surface area contributed by atoms with E-state index in [-0.39, 0.29) is 13.1 Å². The molecule has 0 aliphatic rings. The second kappa shape index (κ2) is 7.86. The van der Waals surface area contributed by atoms with Crippen molar-refractivity contribution in [1.29, 1.82) is 0 Å². The summed E-state index contributed by atoms with van der Waals surface area (Å²) in [6.07, 6.45) is 0. The molecule has 0 aromatic heterocycles. The zero-order valence-electron chi connectivity index (χ0n) is 18.0. The lowest BCUT2D eigenvalue weighted by molar-refractivity contribution is 0.389. The Morgan fingerprint density at radius 2 is 1.11 bits per heavy atom. The van der Waals surface area contributed by atoms with E-state index in [0.717, 1.165) is 8.61 Å². The minimum Gasteiger partial charge on any atom is -0.213 e. The Labute approximate surface area is 165 Å². The highest BCUT2D eigenvalue weighted by molar-refractivity contribution is 7.92. The van der Waals surface area contributed by atoms with Crippen LogP contribution in [-0.2, 0) is 30.1 Å². The Balaban J connectivity index is 5.61. The molecule has 0 saturated carbocycles. The van der Waals surface area contributed by atoms with Gasteiger partial charge in [-0.1, -0.05) is 0 Å². The standard InChI is InChI=1S/C15H35N3O6S3/c1-13(2,3)25(19,20)16-11-14(4,5)27(23,24)18(10)12-15(6,7)26(21,22)17(8)9/h16H,11-12H2,1-10H3. The molecule has 0 heterocycles. The lowest BCUT2D eigenvalue weighted by atomic mass is 10.2. The quantitative estimate of drug-likeness (QED) is 0.544. The first-order valence-electron chi connectivity index (χ1n) is 8.40. The maximum atomic E-state index is 13.0. The van der Waals surface area contributed by atoms with Crippen molar-refractivity contribution < 1.29 is 25.3 Å². The predicted octanol–water partition coefficient (Wildman–Crippen LogP) is 0.415. The van der Waals surface area contributed by atoms with Gasteiger partial charge in [-0.2, -0.15) is 0 Å². The number of nitrogens with one attached hydrogen (secondary N) is 1. The Kier molecular flexibility index (Phi) is 7.79. The van der Waals surface area contributed by atoms with Crippen LogP contribution in [0.15, 0.2) is 0 Å². The fourth-order valence-electron chi connectivity index (χ4n) is 2.20. The molecular weight excluding hydrogens is 414 g/mol. The molecule has 0 rings (SSSR count). The van der Waals surface area contributed by atoms with Crippen molar-refractivity contribution in [3.05, 3.63) is 0 Å². The predicted molar refractivity (Wildman–Crippen MR) is 109 cm³/mol. The summed E-state index contributed by atoms with van der Waals surface area (Å²) in [5.41, 5.74) is 0. The molecule has 0 fully saturated rings. The van der Waals surface area contributed by atoms with Gasteiger partial charge in [0.25, 0.3) is 0 Å². The van der Waals surface area contributed by atoms with Crippen molar-refractivity contribution in [2.75, 3.05) is 34.2 Å². The first kappa shape index (κ1) is 26.7. The number of sulfonamides is 3. The van der Waals surface area contributed by atoms with Crippen LogP contribution in [-0.4, -0.2) is 82.3 Å². The Bertz CT molecular complexity index is 836. The average Bonchev–Trinajstić information content (AvgIpc) is 2.42. The van der Waals surface area contributed by atoms with E-state index < -0.39 is 44.3 Å². The van der Waals surface area contributed by atoms with E-state index in [2.05, 4.69) is 4.72 Å². The molecule has 9 nitrogen and oxygen atoms in total. The van der Waals surface area contributed by atoms with E-state index in [1.165, 1.54) is 69.6 Å². The molecule has 0 radical (unpaired) electrons. The average molecular weight is 450 g/mol. The molecule has 0 spiro atoms. The third-order valence-corrected chi connectivity index (χ3v) is 11.5. The highest BCUT2D eigenvalue weighted by Crippen LogP contribution is 2.26. The van der Waals surface area contributed by atoms with E-state index in [1.807, 2.05) is 0 Å². The minimum absolute atomic E-state index is 0.273. The molecule has 0 aliphatic carbocycles. The molecule has 0 aromatic rings. The molecule has 0 amide bonds. The topological polar surface area (TPSA) is 121 Å². The summed E-state index contributed by atoms with van der Waals surface area (Å²) in [5, 5.41) is 0. The summed E-state index contributed by atoms with van der Waals surface area (Å²) in [6, 6.07) is 0. The minimum atomic E-state index is -4.00. The molecule has 12 heteroatoms. The Morgan fingerprint density at radius 3 is 1.44 bits per heavy atom. The lowest BCUT2D eigenvalue weighted by Crippen LogP contribution is -2.55. The smallest absolute Gasteiger partial charge is 0.213 e. The van der Waals surface area contributed by atoms with Crippen molar-refractivity contribution in [3.8, 4) is 0 Å².